The quantitative estimate of drug-likeness (QED) is 0.491. The van der Waals surface area contributed by atoms with Gasteiger partial charge in [-0.3, -0.25) is 14.6 Å². The van der Waals surface area contributed by atoms with Crippen LogP contribution >= 0.6 is 0 Å². The highest BCUT2D eigenvalue weighted by Gasteiger charge is 2.55. The fraction of sp³-hybridized carbons (Fsp3) is 0.304. The van der Waals surface area contributed by atoms with Crippen molar-refractivity contribution in [3.63, 3.8) is 0 Å². The minimum absolute atomic E-state index is 0.0343. The van der Waals surface area contributed by atoms with E-state index >= 15 is 0 Å². The highest BCUT2D eigenvalue weighted by atomic mass is 16.5. The number of hydrogen-bond donors (Lipinski definition) is 0. The van der Waals surface area contributed by atoms with Crippen LogP contribution in [0.1, 0.15) is 18.4 Å². The Labute approximate surface area is 194 Å². The monoisotopic (exact) mass is 462 g/mol. The number of aryl methyl sites for hydroxylation is 1. The zero-order chi connectivity index (χ0) is 23.8. The summed E-state index contributed by atoms with van der Waals surface area (Å²) in [6, 6.07) is 10.7. The second kappa shape index (κ2) is 8.58. The van der Waals surface area contributed by atoms with Gasteiger partial charge in [-0.15, -0.1) is 0 Å². The molecule has 1 aromatic heterocycles. The van der Waals surface area contributed by atoms with Gasteiger partial charge in [0.2, 0.25) is 11.7 Å². The van der Waals surface area contributed by atoms with E-state index in [0.717, 1.165) is 10.5 Å². The number of benzene rings is 2. The summed E-state index contributed by atoms with van der Waals surface area (Å²) in [4.78, 5) is 31.5. The Morgan fingerprint density at radius 2 is 1.85 bits per heavy atom. The smallest absolute Gasteiger partial charge is 0.263 e. The molecule has 1 saturated heterocycles. The molecule has 0 aliphatic carbocycles. The molecule has 5 rings (SSSR count). The highest BCUT2D eigenvalue weighted by molar-refractivity contribution is 6.25. The third kappa shape index (κ3) is 3.64. The van der Waals surface area contributed by atoms with Gasteiger partial charge in [0.15, 0.2) is 23.6 Å². The van der Waals surface area contributed by atoms with Gasteiger partial charge in [-0.25, -0.2) is 4.90 Å². The number of aromatic nitrogens is 2. The van der Waals surface area contributed by atoms with E-state index < -0.39 is 18.0 Å². The number of methoxy groups -OCH3 is 1. The first-order valence-corrected chi connectivity index (χ1v) is 10.8. The summed E-state index contributed by atoms with van der Waals surface area (Å²) in [5.41, 5.74) is 2.21. The van der Waals surface area contributed by atoms with Gasteiger partial charge in [0, 0.05) is 5.56 Å². The molecular weight excluding hydrogens is 440 g/mol. The molecule has 0 N–H and O–H groups in total. The lowest BCUT2D eigenvalue weighted by Crippen LogP contribution is -2.39. The number of amides is 2. The average molecular weight is 462 g/mol. The Morgan fingerprint density at radius 3 is 2.59 bits per heavy atom. The Bertz CT molecular complexity index is 1270. The zero-order valence-corrected chi connectivity index (χ0v) is 18.8. The van der Waals surface area contributed by atoms with Gasteiger partial charge >= 0.3 is 0 Å². The van der Waals surface area contributed by atoms with Crippen molar-refractivity contribution in [2.75, 3.05) is 18.6 Å². The van der Waals surface area contributed by atoms with Crippen LogP contribution in [0.4, 0.5) is 5.69 Å². The predicted octanol–water partition coefficient (Wildman–Crippen LogP) is 2.95. The van der Waals surface area contributed by atoms with E-state index in [1.807, 2.05) is 26.0 Å². The summed E-state index contributed by atoms with van der Waals surface area (Å²) in [6.45, 7) is 4.37. The molecule has 2 aliphatic heterocycles. The highest BCUT2D eigenvalue weighted by Crippen LogP contribution is 2.34. The fourth-order valence-corrected chi connectivity index (χ4v) is 3.96. The van der Waals surface area contributed by atoms with E-state index in [1.54, 1.807) is 37.4 Å². The third-order valence-electron chi connectivity index (χ3n) is 5.64. The van der Waals surface area contributed by atoms with Crippen LogP contribution in [0.25, 0.3) is 11.4 Å². The van der Waals surface area contributed by atoms with Gasteiger partial charge in [-0.05, 0) is 44.2 Å². The summed E-state index contributed by atoms with van der Waals surface area (Å²) >= 11 is 0. The first-order valence-electron chi connectivity index (χ1n) is 10.8. The molecular formula is C23H22N6O5. The molecule has 2 unspecified atom stereocenters. The molecule has 2 atom stereocenters. The first kappa shape index (κ1) is 21.6. The molecule has 0 spiro atoms. The number of carbonyl (C=O) groups excluding carboxylic acids is 2. The summed E-state index contributed by atoms with van der Waals surface area (Å²) < 4.78 is 16.3. The molecule has 3 aromatic rings. The van der Waals surface area contributed by atoms with E-state index in [9.17, 15) is 9.59 Å². The van der Waals surface area contributed by atoms with Crippen molar-refractivity contribution in [1.82, 2.24) is 15.1 Å². The van der Waals surface area contributed by atoms with Crippen LogP contribution in [-0.4, -0.2) is 52.8 Å². The number of ether oxygens (including phenoxy) is 2. The Balaban J connectivity index is 1.34. The van der Waals surface area contributed by atoms with Crippen molar-refractivity contribution in [3.05, 3.63) is 53.9 Å². The molecule has 34 heavy (non-hydrogen) atoms. The lowest BCUT2D eigenvalue weighted by molar-refractivity contribution is -0.123. The van der Waals surface area contributed by atoms with Crippen molar-refractivity contribution in [2.24, 2.45) is 10.3 Å². The van der Waals surface area contributed by atoms with Crippen LogP contribution in [0.3, 0.4) is 0 Å². The second-order valence-electron chi connectivity index (χ2n) is 7.85. The zero-order valence-electron chi connectivity index (χ0n) is 18.8. The summed E-state index contributed by atoms with van der Waals surface area (Å²) in [7, 11) is 1.55. The Morgan fingerprint density at radius 1 is 1.06 bits per heavy atom. The lowest BCUT2D eigenvalue weighted by atomic mass is 10.1. The van der Waals surface area contributed by atoms with Crippen molar-refractivity contribution in [2.45, 2.75) is 32.5 Å². The molecule has 174 valence electrons. The van der Waals surface area contributed by atoms with Crippen LogP contribution in [0.5, 0.6) is 11.5 Å². The number of nitrogens with zero attached hydrogens (tertiary/aromatic N) is 6. The minimum atomic E-state index is -0.897. The Kier molecular flexibility index (Phi) is 5.44. The van der Waals surface area contributed by atoms with Gasteiger partial charge in [0.1, 0.15) is 6.54 Å². The number of rotatable bonds is 7. The van der Waals surface area contributed by atoms with Gasteiger partial charge in [0.25, 0.3) is 11.8 Å². The summed E-state index contributed by atoms with van der Waals surface area (Å²) in [6.07, 6.45) is 0. The van der Waals surface area contributed by atoms with E-state index in [0.29, 0.717) is 35.2 Å². The van der Waals surface area contributed by atoms with Crippen molar-refractivity contribution < 1.29 is 23.6 Å². The van der Waals surface area contributed by atoms with E-state index in [2.05, 4.69) is 20.5 Å². The number of hydrogen-bond acceptors (Lipinski definition) is 10. The van der Waals surface area contributed by atoms with Crippen molar-refractivity contribution in [1.29, 1.82) is 0 Å². The topological polar surface area (TPSA) is 123 Å². The molecule has 2 aromatic carbocycles. The largest absolute Gasteiger partial charge is 0.493 e. The molecule has 0 bridgehead atoms. The first-order chi connectivity index (χ1) is 16.5. The van der Waals surface area contributed by atoms with Gasteiger partial charge < -0.3 is 14.0 Å². The predicted molar refractivity (Wildman–Crippen MR) is 119 cm³/mol. The molecule has 11 heteroatoms. The maximum absolute atomic E-state index is 13.1. The fourth-order valence-electron chi connectivity index (χ4n) is 3.96. The van der Waals surface area contributed by atoms with E-state index in [4.69, 9.17) is 14.0 Å². The SMILES string of the molecule is CCOc1ccc(-c2noc(CN3N=NC4C(=O)N(c5ccc(C)cc5)C(=O)C43)n2)cc1OC. The molecule has 2 amide bonds. The van der Waals surface area contributed by atoms with Crippen LogP contribution in [0, 0.1) is 6.92 Å². The minimum Gasteiger partial charge on any atom is -0.493 e. The van der Waals surface area contributed by atoms with E-state index in [-0.39, 0.29) is 18.3 Å². The van der Waals surface area contributed by atoms with Crippen LogP contribution in [0.15, 0.2) is 57.3 Å². The Hall–Kier alpha value is -4.28. The van der Waals surface area contributed by atoms with Gasteiger partial charge in [-0.2, -0.15) is 10.1 Å². The molecule has 11 nitrogen and oxygen atoms in total. The molecule has 1 fully saturated rings. The number of carbonyl (C=O) groups is 2. The number of imide groups is 1. The molecule has 0 radical (unpaired) electrons. The summed E-state index contributed by atoms with van der Waals surface area (Å²) in [5.74, 6) is 0.949. The maximum Gasteiger partial charge on any atom is 0.263 e. The standard InChI is InChI=1S/C23H22N6O5/c1-4-33-16-10-7-14(11-17(16)32-3)21-24-18(34-26-21)12-28-20-19(25-27-28)22(30)29(23(20)31)15-8-5-13(2)6-9-15/h5-11,19-20H,4,12H2,1-3H3. The second-order valence-corrected chi connectivity index (χ2v) is 7.85. The van der Waals surface area contributed by atoms with Crippen LogP contribution in [0.2, 0.25) is 0 Å². The maximum atomic E-state index is 13.1. The average Bonchev–Trinajstić information content (AvgIpc) is 3.53. The van der Waals surface area contributed by atoms with Gasteiger partial charge in [-0.1, -0.05) is 28.1 Å². The van der Waals surface area contributed by atoms with Crippen molar-refractivity contribution in [3.8, 4) is 22.9 Å². The van der Waals surface area contributed by atoms with Crippen LogP contribution in [-0.2, 0) is 16.1 Å². The lowest BCUT2D eigenvalue weighted by Gasteiger charge is -2.19. The molecule has 0 saturated carbocycles. The number of fused-ring (bicyclic) bond motifs is 1. The number of anilines is 1. The molecule has 2 aliphatic rings. The normalized spacial score (nSPS) is 19.1. The van der Waals surface area contributed by atoms with E-state index in [1.165, 1.54) is 5.01 Å². The third-order valence-corrected chi connectivity index (χ3v) is 5.64. The van der Waals surface area contributed by atoms with Crippen molar-refractivity contribution >= 4 is 17.5 Å². The summed E-state index contributed by atoms with van der Waals surface area (Å²) in [5, 5.41) is 13.5. The van der Waals surface area contributed by atoms with Crippen LogP contribution < -0.4 is 14.4 Å². The van der Waals surface area contributed by atoms with Gasteiger partial charge in [0.05, 0.1) is 19.4 Å². The molecule has 3 heterocycles.